The van der Waals surface area contributed by atoms with Crippen LogP contribution in [0.2, 0.25) is 0 Å². The smallest absolute Gasteiger partial charge is 0.408 e. The molecule has 11 nitrogen and oxygen atoms in total. The van der Waals surface area contributed by atoms with Gasteiger partial charge in [0.25, 0.3) is 0 Å². The Kier molecular flexibility index (Phi) is 9.31. The normalized spacial score (nSPS) is 23.9. The van der Waals surface area contributed by atoms with E-state index in [0.717, 1.165) is 12.0 Å². The standard InChI is InChI=1S/C24H35N3O8S/c1-14(2)10-18(27-24(31)35-20-13-17(20)11-15-6-4-3-5-7-15)22(29)26-19(23(30)36(32,33)34)12-16-8-9-25-21(16)28/h3-7,14,16-20,23,30H,8-13H2,1-2H3,(H,25,28)(H,26,29)(H,27,31)(H,32,33,34)/p-1/t16-,17?,18-,19-,20?,23?/m0/s1. The van der Waals surface area contributed by atoms with Gasteiger partial charge in [0, 0.05) is 18.4 Å². The van der Waals surface area contributed by atoms with Gasteiger partial charge >= 0.3 is 6.09 Å². The first-order valence-electron chi connectivity index (χ1n) is 12.2. The molecule has 4 N–H and O–H groups in total. The van der Waals surface area contributed by atoms with Gasteiger partial charge in [0.15, 0.2) is 5.44 Å². The van der Waals surface area contributed by atoms with Crippen molar-refractivity contribution < 1.29 is 37.2 Å². The van der Waals surface area contributed by atoms with Gasteiger partial charge in [-0.15, -0.1) is 0 Å². The maximum atomic E-state index is 13.0. The second-order valence-electron chi connectivity index (χ2n) is 9.97. The minimum Gasteiger partial charge on any atom is -0.746 e. The van der Waals surface area contributed by atoms with Gasteiger partial charge in [-0.2, -0.15) is 0 Å². The topological polar surface area (TPSA) is 174 Å². The van der Waals surface area contributed by atoms with Crippen LogP contribution in [-0.2, 0) is 30.9 Å². The van der Waals surface area contributed by atoms with Crippen LogP contribution in [0.15, 0.2) is 30.3 Å². The lowest BCUT2D eigenvalue weighted by molar-refractivity contribution is -0.126. The van der Waals surface area contributed by atoms with Crippen molar-refractivity contribution in [3.63, 3.8) is 0 Å². The van der Waals surface area contributed by atoms with Crippen molar-refractivity contribution >= 4 is 28.0 Å². The first-order chi connectivity index (χ1) is 16.9. The van der Waals surface area contributed by atoms with Crippen molar-refractivity contribution in [1.82, 2.24) is 16.0 Å². The molecule has 1 saturated heterocycles. The molecular weight excluding hydrogens is 490 g/mol. The van der Waals surface area contributed by atoms with Gasteiger partial charge in [-0.3, -0.25) is 9.59 Å². The number of benzene rings is 1. The van der Waals surface area contributed by atoms with Crippen molar-refractivity contribution in [1.29, 1.82) is 0 Å². The molecule has 1 aromatic rings. The highest BCUT2D eigenvalue weighted by molar-refractivity contribution is 7.86. The van der Waals surface area contributed by atoms with Crippen LogP contribution in [0, 0.1) is 17.8 Å². The summed E-state index contributed by atoms with van der Waals surface area (Å²) in [5, 5.41) is 17.6. The van der Waals surface area contributed by atoms with Gasteiger partial charge in [-0.25, -0.2) is 13.2 Å². The van der Waals surface area contributed by atoms with Gasteiger partial charge in [0.1, 0.15) is 22.3 Å². The molecule has 6 atom stereocenters. The fourth-order valence-corrected chi connectivity index (χ4v) is 5.00. The summed E-state index contributed by atoms with van der Waals surface area (Å²) in [6.07, 6.45) is 0.782. The Bertz CT molecular complexity index is 1030. The molecule has 0 bridgehead atoms. The predicted octanol–water partition coefficient (Wildman–Crippen LogP) is 0.633. The van der Waals surface area contributed by atoms with Crippen molar-refractivity contribution in [2.24, 2.45) is 17.8 Å². The number of aliphatic hydroxyl groups excluding tert-OH is 1. The van der Waals surface area contributed by atoms with E-state index in [1.54, 1.807) is 0 Å². The van der Waals surface area contributed by atoms with E-state index in [4.69, 9.17) is 4.74 Å². The molecule has 1 heterocycles. The first-order valence-corrected chi connectivity index (χ1v) is 13.6. The van der Waals surface area contributed by atoms with E-state index >= 15 is 0 Å². The Labute approximate surface area is 211 Å². The number of nitrogens with one attached hydrogen (secondary N) is 3. The minimum atomic E-state index is -5.17. The van der Waals surface area contributed by atoms with E-state index in [1.165, 1.54) is 0 Å². The summed E-state index contributed by atoms with van der Waals surface area (Å²) in [5.41, 5.74) is -1.30. The molecular formula is C24H34N3O8S-. The average molecular weight is 525 g/mol. The van der Waals surface area contributed by atoms with Crippen molar-refractivity contribution in [3.05, 3.63) is 35.9 Å². The fraction of sp³-hybridized carbons (Fsp3) is 0.625. The predicted molar refractivity (Wildman–Crippen MR) is 128 cm³/mol. The van der Waals surface area contributed by atoms with Crippen LogP contribution in [0.25, 0.3) is 0 Å². The van der Waals surface area contributed by atoms with Crippen LogP contribution < -0.4 is 16.0 Å². The number of hydrogen-bond acceptors (Lipinski definition) is 8. The zero-order chi connectivity index (χ0) is 26.5. The molecule has 2 fully saturated rings. The molecule has 3 rings (SSSR count). The van der Waals surface area contributed by atoms with Gasteiger partial charge in [-0.05, 0) is 43.6 Å². The third kappa shape index (κ3) is 8.17. The number of carbonyl (C=O) groups excluding carboxylic acids is 3. The molecule has 1 aliphatic carbocycles. The lowest BCUT2D eigenvalue weighted by Crippen LogP contribution is -2.55. The maximum absolute atomic E-state index is 13.0. The van der Waals surface area contributed by atoms with E-state index < -0.39 is 45.6 Å². The third-order valence-electron chi connectivity index (χ3n) is 6.44. The van der Waals surface area contributed by atoms with Crippen molar-refractivity contribution in [3.8, 4) is 0 Å². The lowest BCUT2D eigenvalue weighted by Gasteiger charge is -2.29. The van der Waals surface area contributed by atoms with Crippen molar-refractivity contribution in [2.45, 2.75) is 69.6 Å². The third-order valence-corrected chi connectivity index (χ3v) is 7.36. The molecule has 0 radical (unpaired) electrons. The number of ether oxygens (including phenoxy) is 1. The van der Waals surface area contributed by atoms with E-state index in [2.05, 4.69) is 16.0 Å². The van der Waals surface area contributed by atoms with Crippen LogP contribution in [0.4, 0.5) is 4.79 Å². The molecule has 36 heavy (non-hydrogen) atoms. The van der Waals surface area contributed by atoms with Crippen LogP contribution in [0.3, 0.4) is 0 Å². The summed E-state index contributed by atoms with van der Waals surface area (Å²) < 4.78 is 39.9. The second-order valence-corrected chi connectivity index (χ2v) is 11.4. The monoisotopic (exact) mass is 524 g/mol. The lowest BCUT2D eigenvalue weighted by atomic mass is 9.97. The summed E-state index contributed by atoms with van der Waals surface area (Å²) >= 11 is 0. The second kappa shape index (κ2) is 12.0. The Morgan fingerprint density at radius 1 is 1.22 bits per heavy atom. The zero-order valence-corrected chi connectivity index (χ0v) is 21.2. The quantitative estimate of drug-likeness (QED) is 0.288. The SMILES string of the molecule is CC(C)C[C@H](NC(=O)OC1CC1Cc1ccccc1)C(=O)N[C@@H](C[C@@H]1CCNC1=O)C(O)S(=O)(=O)[O-]. The number of rotatable bonds is 12. The Morgan fingerprint density at radius 3 is 2.50 bits per heavy atom. The molecule has 200 valence electrons. The van der Waals surface area contributed by atoms with Gasteiger partial charge < -0.3 is 30.3 Å². The van der Waals surface area contributed by atoms with Gasteiger partial charge in [0.2, 0.25) is 11.8 Å². The minimum absolute atomic E-state index is 0.0278. The highest BCUT2D eigenvalue weighted by Crippen LogP contribution is 2.36. The number of alkyl carbamates (subject to hydrolysis) is 1. The number of hydrogen-bond donors (Lipinski definition) is 4. The fourth-order valence-electron chi connectivity index (χ4n) is 4.42. The van der Waals surface area contributed by atoms with Crippen LogP contribution in [-0.4, -0.2) is 66.2 Å². The average Bonchev–Trinajstić information content (AvgIpc) is 3.38. The van der Waals surface area contributed by atoms with Crippen LogP contribution in [0.1, 0.15) is 45.1 Å². The molecule has 0 aromatic heterocycles. The Morgan fingerprint density at radius 2 is 1.92 bits per heavy atom. The number of carbonyl (C=O) groups is 3. The largest absolute Gasteiger partial charge is 0.746 e. The van der Waals surface area contributed by atoms with E-state index in [0.29, 0.717) is 19.4 Å². The van der Waals surface area contributed by atoms with E-state index in [9.17, 15) is 32.5 Å². The van der Waals surface area contributed by atoms with Crippen LogP contribution >= 0.6 is 0 Å². The summed E-state index contributed by atoms with van der Waals surface area (Å²) in [6, 6.07) is 7.20. The van der Waals surface area contributed by atoms with Crippen molar-refractivity contribution in [2.75, 3.05) is 6.54 Å². The molecule has 12 heteroatoms. The highest BCUT2D eigenvalue weighted by Gasteiger charge is 2.41. The molecule has 1 aliphatic heterocycles. The maximum Gasteiger partial charge on any atom is 0.408 e. The molecule has 3 amide bonds. The van der Waals surface area contributed by atoms with Gasteiger partial charge in [0.05, 0.1) is 6.04 Å². The summed E-state index contributed by atoms with van der Waals surface area (Å²) in [7, 11) is -5.17. The molecule has 1 saturated carbocycles. The van der Waals surface area contributed by atoms with Crippen LogP contribution in [0.5, 0.6) is 0 Å². The highest BCUT2D eigenvalue weighted by atomic mass is 32.2. The summed E-state index contributed by atoms with van der Waals surface area (Å²) in [4.78, 5) is 37.5. The molecule has 1 aromatic carbocycles. The summed E-state index contributed by atoms with van der Waals surface area (Å²) in [5.74, 6) is -1.62. The van der Waals surface area contributed by atoms with E-state index in [-0.39, 0.29) is 36.7 Å². The molecule has 2 aliphatic rings. The number of aliphatic hydroxyl groups is 1. The van der Waals surface area contributed by atoms with E-state index in [1.807, 2.05) is 44.2 Å². The zero-order valence-electron chi connectivity index (χ0n) is 20.4. The summed E-state index contributed by atoms with van der Waals surface area (Å²) in [6.45, 7) is 4.04. The first kappa shape index (κ1) is 27.9. The number of amides is 3. The molecule has 0 spiro atoms. The molecule has 3 unspecified atom stereocenters. The Balaban J connectivity index is 1.60. The van der Waals surface area contributed by atoms with Gasteiger partial charge in [-0.1, -0.05) is 44.2 Å². The Hall–Kier alpha value is -2.70.